The van der Waals surface area contributed by atoms with Gasteiger partial charge in [0, 0.05) is 44.8 Å². The van der Waals surface area contributed by atoms with Crippen molar-refractivity contribution < 1.29 is 0 Å². The first-order valence-electron chi connectivity index (χ1n) is 8.78. The molecule has 0 radical (unpaired) electrons. The summed E-state index contributed by atoms with van der Waals surface area (Å²) >= 11 is 0. The molecule has 4 aromatic heterocycles. The molecule has 0 bridgehead atoms. The summed E-state index contributed by atoms with van der Waals surface area (Å²) in [6.45, 7) is 3.40. The van der Waals surface area contributed by atoms with Gasteiger partial charge in [0.25, 0.3) is 0 Å². The van der Waals surface area contributed by atoms with Crippen LogP contribution in [0, 0.1) is 0 Å². The quantitative estimate of drug-likeness (QED) is 0.541. The molecule has 0 N–H and O–H groups in total. The zero-order valence-corrected chi connectivity index (χ0v) is 14.5. The van der Waals surface area contributed by atoms with E-state index in [9.17, 15) is 0 Å². The van der Waals surface area contributed by atoms with E-state index in [4.69, 9.17) is 0 Å². The van der Waals surface area contributed by atoms with E-state index in [-0.39, 0.29) is 0 Å². The summed E-state index contributed by atoms with van der Waals surface area (Å²) in [5.74, 6) is 2.52. The Labute approximate surface area is 155 Å². The Morgan fingerprint density at radius 2 is 1.56 bits per heavy atom. The van der Waals surface area contributed by atoms with Gasteiger partial charge in [-0.1, -0.05) is 0 Å². The number of anilines is 2. The van der Waals surface area contributed by atoms with Crippen molar-refractivity contribution >= 4 is 22.7 Å². The zero-order chi connectivity index (χ0) is 18.1. The number of rotatable bonds is 3. The highest BCUT2D eigenvalue weighted by Crippen LogP contribution is 2.23. The molecule has 1 fully saturated rings. The van der Waals surface area contributed by atoms with Gasteiger partial charge >= 0.3 is 0 Å². The molecule has 9 nitrogen and oxygen atoms in total. The van der Waals surface area contributed by atoms with Gasteiger partial charge in [0.05, 0.1) is 5.39 Å². The average molecular weight is 359 g/mol. The second-order valence-corrected chi connectivity index (χ2v) is 6.25. The Balaban J connectivity index is 1.31. The minimum atomic E-state index is 0.711. The van der Waals surface area contributed by atoms with Gasteiger partial charge in [0.1, 0.15) is 12.1 Å². The van der Waals surface area contributed by atoms with Crippen molar-refractivity contribution in [1.82, 2.24) is 34.9 Å². The molecule has 0 unspecified atom stereocenters. The Morgan fingerprint density at radius 1 is 0.741 bits per heavy atom. The number of pyridine rings is 1. The molecule has 134 valence electrons. The smallest absolute Gasteiger partial charge is 0.175 e. The summed E-state index contributed by atoms with van der Waals surface area (Å²) in [5, 5.41) is 13.8. The lowest BCUT2D eigenvalue weighted by Gasteiger charge is -2.36. The lowest BCUT2D eigenvalue weighted by atomic mass is 10.2. The highest BCUT2D eigenvalue weighted by atomic mass is 15.4. The van der Waals surface area contributed by atoms with Crippen molar-refractivity contribution in [2.45, 2.75) is 0 Å². The van der Waals surface area contributed by atoms with Gasteiger partial charge < -0.3 is 9.80 Å². The van der Waals surface area contributed by atoms with Crippen LogP contribution in [0.5, 0.6) is 0 Å². The van der Waals surface area contributed by atoms with Crippen LogP contribution in [-0.4, -0.2) is 61.1 Å². The number of fused-ring (bicyclic) bond motifs is 1. The maximum atomic E-state index is 4.49. The van der Waals surface area contributed by atoms with E-state index in [1.165, 1.54) is 0 Å². The monoisotopic (exact) mass is 359 g/mol. The van der Waals surface area contributed by atoms with Gasteiger partial charge in [0.15, 0.2) is 17.3 Å². The van der Waals surface area contributed by atoms with Gasteiger partial charge in [0.2, 0.25) is 0 Å². The fraction of sp³-hybridized carbons (Fsp3) is 0.222. The summed E-state index contributed by atoms with van der Waals surface area (Å²) in [6, 6.07) is 9.72. The molecule has 9 heteroatoms. The van der Waals surface area contributed by atoms with E-state index in [0.29, 0.717) is 5.82 Å². The molecule has 0 aliphatic carbocycles. The van der Waals surface area contributed by atoms with E-state index < -0.39 is 0 Å². The fourth-order valence-electron chi connectivity index (χ4n) is 3.29. The van der Waals surface area contributed by atoms with Crippen LogP contribution in [0.15, 0.2) is 55.2 Å². The molecule has 0 spiro atoms. The molecule has 0 amide bonds. The Kier molecular flexibility index (Phi) is 3.82. The van der Waals surface area contributed by atoms with E-state index in [1.54, 1.807) is 23.4 Å². The lowest BCUT2D eigenvalue weighted by molar-refractivity contribution is 0.638. The van der Waals surface area contributed by atoms with Crippen molar-refractivity contribution in [3.05, 3.63) is 55.2 Å². The normalized spacial score (nSPS) is 14.7. The molecule has 1 aliphatic rings. The highest BCUT2D eigenvalue weighted by Gasteiger charge is 2.21. The average Bonchev–Trinajstić information content (AvgIpc) is 3.29. The first-order chi connectivity index (χ1) is 13.4. The van der Waals surface area contributed by atoms with Crippen LogP contribution in [0.4, 0.5) is 11.6 Å². The molecular formula is C18H17N9. The second-order valence-electron chi connectivity index (χ2n) is 6.25. The highest BCUT2D eigenvalue weighted by molar-refractivity contribution is 5.86. The number of aromatic nitrogens is 7. The fourth-order valence-corrected chi connectivity index (χ4v) is 3.29. The van der Waals surface area contributed by atoms with Crippen LogP contribution >= 0.6 is 0 Å². The summed E-state index contributed by atoms with van der Waals surface area (Å²) in [4.78, 5) is 17.6. The van der Waals surface area contributed by atoms with Crippen molar-refractivity contribution in [2.24, 2.45) is 0 Å². The zero-order valence-electron chi connectivity index (χ0n) is 14.5. The first-order valence-corrected chi connectivity index (χ1v) is 8.78. The van der Waals surface area contributed by atoms with Crippen molar-refractivity contribution in [3.63, 3.8) is 0 Å². The minimum Gasteiger partial charge on any atom is -0.352 e. The van der Waals surface area contributed by atoms with Crippen molar-refractivity contribution in [3.8, 4) is 5.82 Å². The van der Waals surface area contributed by atoms with Crippen LogP contribution in [0.25, 0.3) is 16.9 Å². The summed E-state index contributed by atoms with van der Waals surface area (Å²) in [6.07, 6.45) is 6.91. The molecule has 27 heavy (non-hydrogen) atoms. The van der Waals surface area contributed by atoms with E-state index >= 15 is 0 Å². The standard InChI is InChI=1S/C18H17N9/c1-3-14-17(19-6-1)20-13-21-18(14)26-11-9-25(10-12-26)15-4-5-16(24-23-15)27-8-2-7-22-27/h1-8,13H,9-12H2. The van der Waals surface area contributed by atoms with Crippen LogP contribution in [0.3, 0.4) is 0 Å². The molecule has 5 heterocycles. The largest absolute Gasteiger partial charge is 0.352 e. The number of piperazine rings is 1. The molecular weight excluding hydrogens is 342 g/mol. The Morgan fingerprint density at radius 3 is 2.33 bits per heavy atom. The summed E-state index contributed by atoms with van der Waals surface area (Å²) in [7, 11) is 0. The molecule has 0 atom stereocenters. The third-order valence-electron chi connectivity index (χ3n) is 4.67. The summed E-state index contributed by atoms with van der Waals surface area (Å²) in [5.41, 5.74) is 0.727. The molecule has 0 saturated carbocycles. The number of hydrogen-bond donors (Lipinski definition) is 0. The number of nitrogens with zero attached hydrogens (tertiary/aromatic N) is 9. The van der Waals surface area contributed by atoms with Gasteiger partial charge in [-0.2, -0.15) is 5.10 Å². The van der Waals surface area contributed by atoms with Gasteiger partial charge in [-0.05, 0) is 30.3 Å². The third-order valence-corrected chi connectivity index (χ3v) is 4.67. The maximum Gasteiger partial charge on any atom is 0.175 e. The lowest BCUT2D eigenvalue weighted by Crippen LogP contribution is -2.47. The van der Waals surface area contributed by atoms with Crippen molar-refractivity contribution in [2.75, 3.05) is 36.0 Å². The SMILES string of the molecule is c1cnc2ncnc(N3CCN(c4ccc(-n5cccn5)nn4)CC3)c2c1. The Hall–Kier alpha value is -3.62. The maximum absolute atomic E-state index is 4.49. The molecule has 0 aromatic carbocycles. The van der Waals surface area contributed by atoms with Gasteiger partial charge in [-0.15, -0.1) is 10.2 Å². The van der Waals surface area contributed by atoms with Crippen LogP contribution < -0.4 is 9.80 Å². The van der Waals surface area contributed by atoms with Crippen LogP contribution in [0.1, 0.15) is 0 Å². The Bertz CT molecular complexity index is 1030. The number of hydrogen-bond acceptors (Lipinski definition) is 8. The van der Waals surface area contributed by atoms with Crippen LogP contribution in [0.2, 0.25) is 0 Å². The predicted molar refractivity (Wildman–Crippen MR) is 101 cm³/mol. The van der Waals surface area contributed by atoms with Crippen molar-refractivity contribution in [1.29, 1.82) is 0 Å². The molecule has 1 aliphatic heterocycles. The predicted octanol–water partition coefficient (Wildman–Crippen LogP) is 1.33. The van der Waals surface area contributed by atoms with E-state index in [1.807, 2.05) is 36.5 Å². The van der Waals surface area contributed by atoms with Gasteiger partial charge in [-0.25, -0.2) is 19.6 Å². The first kappa shape index (κ1) is 15.6. The summed E-state index contributed by atoms with van der Waals surface area (Å²) < 4.78 is 1.70. The third kappa shape index (κ3) is 2.92. The van der Waals surface area contributed by atoms with Crippen LogP contribution in [-0.2, 0) is 0 Å². The van der Waals surface area contributed by atoms with E-state index in [2.05, 4.69) is 40.0 Å². The molecule has 4 aromatic rings. The second kappa shape index (κ2) is 6.60. The van der Waals surface area contributed by atoms with Gasteiger partial charge in [-0.3, -0.25) is 0 Å². The molecule has 5 rings (SSSR count). The minimum absolute atomic E-state index is 0.711. The molecule has 1 saturated heterocycles. The topological polar surface area (TPSA) is 88.8 Å². The van der Waals surface area contributed by atoms with E-state index in [0.717, 1.165) is 48.8 Å².